The smallest absolute Gasteiger partial charge is 0.240 e. The first-order chi connectivity index (χ1) is 13.0. The molecule has 1 N–H and O–H groups in total. The Morgan fingerprint density at radius 3 is 2.41 bits per heavy atom. The fourth-order valence-electron chi connectivity index (χ4n) is 3.16. The summed E-state index contributed by atoms with van der Waals surface area (Å²) in [5.41, 5.74) is 0.739. The van der Waals surface area contributed by atoms with Gasteiger partial charge in [-0.1, -0.05) is 36.4 Å². The van der Waals surface area contributed by atoms with Crippen molar-refractivity contribution in [2.45, 2.75) is 39.3 Å². The number of anilines is 1. The quantitative estimate of drug-likeness (QED) is 0.757. The second kappa shape index (κ2) is 7.82. The van der Waals surface area contributed by atoms with Gasteiger partial charge in [0.2, 0.25) is 11.8 Å². The van der Waals surface area contributed by atoms with Crippen LogP contribution >= 0.6 is 0 Å². The number of nitrogens with one attached hydrogen (secondary N) is 1. The van der Waals surface area contributed by atoms with Crippen LogP contribution in [0.1, 0.15) is 32.3 Å². The van der Waals surface area contributed by atoms with Crippen molar-refractivity contribution in [2.24, 2.45) is 5.41 Å². The predicted octanol–water partition coefficient (Wildman–Crippen LogP) is 3.85. The minimum atomic E-state index is -0.956. The molecule has 1 saturated carbocycles. The number of nitrogens with zero attached hydrogens (tertiary/aromatic N) is 1. The number of benzene rings is 2. The third-order valence-corrected chi connectivity index (χ3v) is 5.00. The molecule has 2 aromatic carbocycles. The van der Waals surface area contributed by atoms with E-state index in [4.69, 9.17) is 4.74 Å². The highest BCUT2D eigenvalue weighted by Crippen LogP contribution is 2.48. The first kappa shape index (κ1) is 19.0. The summed E-state index contributed by atoms with van der Waals surface area (Å²) < 4.78 is 5.19. The molecule has 5 heteroatoms. The van der Waals surface area contributed by atoms with Gasteiger partial charge in [-0.05, 0) is 44.4 Å². The molecule has 0 bridgehead atoms. The molecule has 0 saturated heterocycles. The monoisotopic (exact) mass is 366 g/mol. The van der Waals surface area contributed by atoms with Crippen molar-refractivity contribution in [3.05, 3.63) is 60.2 Å². The van der Waals surface area contributed by atoms with Crippen LogP contribution in [0.25, 0.3) is 0 Å². The highest BCUT2D eigenvalue weighted by atomic mass is 16.5. The normalized spacial score (nSPS) is 14.5. The van der Waals surface area contributed by atoms with Crippen molar-refractivity contribution in [1.82, 2.24) is 4.90 Å². The van der Waals surface area contributed by atoms with Crippen molar-refractivity contribution in [3.8, 4) is 5.75 Å². The van der Waals surface area contributed by atoms with E-state index in [-0.39, 0.29) is 17.9 Å². The molecule has 0 spiro atoms. The van der Waals surface area contributed by atoms with Crippen LogP contribution in [-0.4, -0.2) is 29.9 Å². The van der Waals surface area contributed by atoms with Crippen LogP contribution in [0.5, 0.6) is 5.75 Å². The standard InChI is InChI=1S/C22H26N2O3/c1-16(2)24(15-17-8-5-4-6-9-17)21(26)22(12-13-22)20(25)23-18-10-7-11-19(14-18)27-3/h4-11,14,16H,12-13,15H2,1-3H3,(H,23,25). The van der Waals surface area contributed by atoms with Crippen LogP contribution in [-0.2, 0) is 16.1 Å². The lowest BCUT2D eigenvalue weighted by Gasteiger charge is -2.30. The Bertz CT molecular complexity index is 813. The molecule has 0 radical (unpaired) electrons. The van der Waals surface area contributed by atoms with Crippen molar-refractivity contribution in [2.75, 3.05) is 12.4 Å². The van der Waals surface area contributed by atoms with Gasteiger partial charge in [0.25, 0.3) is 0 Å². The number of carbonyl (C=O) groups is 2. The minimum absolute atomic E-state index is 0.0137. The van der Waals surface area contributed by atoms with Crippen LogP contribution in [0.15, 0.2) is 54.6 Å². The van der Waals surface area contributed by atoms with E-state index in [9.17, 15) is 9.59 Å². The summed E-state index contributed by atoms with van der Waals surface area (Å²) in [7, 11) is 1.58. The van der Waals surface area contributed by atoms with E-state index < -0.39 is 5.41 Å². The van der Waals surface area contributed by atoms with Crippen LogP contribution in [0.4, 0.5) is 5.69 Å². The van der Waals surface area contributed by atoms with Gasteiger partial charge in [0.1, 0.15) is 11.2 Å². The highest BCUT2D eigenvalue weighted by molar-refractivity contribution is 6.13. The number of hydrogen-bond donors (Lipinski definition) is 1. The average molecular weight is 366 g/mol. The highest BCUT2D eigenvalue weighted by Gasteiger charge is 2.58. The van der Waals surface area contributed by atoms with E-state index in [0.29, 0.717) is 30.8 Å². The molecule has 1 fully saturated rings. The molecule has 3 rings (SSSR count). The van der Waals surface area contributed by atoms with Crippen molar-refractivity contribution in [3.63, 3.8) is 0 Å². The van der Waals surface area contributed by atoms with Crippen LogP contribution in [0.3, 0.4) is 0 Å². The third kappa shape index (κ3) is 4.13. The van der Waals surface area contributed by atoms with Crippen LogP contribution in [0.2, 0.25) is 0 Å². The molecule has 2 aromatic rings. The molecular weight excluding hydrogens is 340 g/mol. The summed E-state index contributed by atoms with van der Waals surface area (Å²) in [6, 6.07) is 17.1. The number of hydrogen-bond acceptors (Lipinski definition) is 3. The molecule has 5 nitrogen and oxygen atoms in total. The number of carbonyl (C=O) groups excluding carboxylic acids is 2. The Morgan fingerprint density at radius 1 is 1.11 bits per heavy atom. The molecular formula is C22H26N2O3. The maximum Gasteiger partial charge on any atom is 0.240 e. The Balaban J connectivity index is 1.75. The van der Waals surface area contributed by atoms with E-state index in [2.05, 4.69) is 5.32 Å². The van der Waals surface area contributed by atoms with Crippen molar-refractivity contribution in [1.29, 1.82) is 0 Å². The minimum Gasteiger partial charge on any atom is -0.497 e. The maximum atomic E-state index is 13.3. The molecule has 1 aliphatic rings. The molecule has 0 atom stereocenters. The molecule has 0 heterocycles. The number of amides is 2. The summed E-state index contributed by atoms with van der Waals surface area (Å²) in [5.74, 6) is 0.332. The molecule has 2 amide bonds. The van der Waals surface area contributed by atoms with Gasteiger partial charge in [0, 0.05) is 24.3 Å². The topological polar surface area (TPSA) is 58.6 Å². The first-order valence-corrected chi connectivity index (χ1v) is 9.27. The molecule has 27 heavy (non-hydrogen) atoms. The number of rotatable bonds is 7. The zero-order valence-electron chi connectivity index (χ0n) is 16.1. The van der Waals surface area contributed by atoms with Gasteiger partial charge in [0.15, 0.2) is 0 Å². The zero-order valence-corrected chi connectivity index (χ0v) is 16.1. The van der Waals surface area contributed by atoms with Gasteiger partial charge in [-0.25, -0.2) is 0 Å². The lowest BCUT2D eigenvalue weighted by molar-refractivity contribution is -0.144. The predicted molar refractivity (Wildman–Crippen MR) is 105 cm³/mol. The maximum absolute atomic E-state index is 13.3. The summed E-state index contributed by atoms with van der Waals surface area (Å²) in [6.45, 7) is 4.47. The molecule has 0 unspecified atom stereocenters. The van der Waals surface area contributed by atoms with E-state index in [1.54, 1.807) is 24.1 Å². The van der Waals surface area contributed by atoms with Gasteiger partial charge in [-0.2, -0.15) is 0 Å². The molecule has 0 aromatic heterocycles. The Labute approximate surface area is 160 Å². The Morgan fingerprint density at radius 2 is 1.81 bits per heavy atom. The fraction of sp³-hybridized carbons (Fsp3) is 0.364. The lowest BCUT2D eigenvalue weighted by Crippen LogP contribution is -2.45. The van der Waals surface area contributed by atoms with Gasteiger partial charge < -0.3 is 15.0 Å². The van der Waals surface area contributed by atoms with Gasteiger partial charge >= 0.3 is 0 Å². The largest absolute Gasteiger partial charge is 0.497 e. The van der Waals surface area contributed by atoms with Crippen molar-refractivity contribution < 1.29 is 14.3 Å². The van der Waals surface area contributed by atoms with Gasteiger partial charge in [-0.15, -0.1) is 0 Å². The van der Waals surface area contributed by atoms with Gasteiger partial charge in [-0.3, -0.25) is 9.59 Å². The molecule has 1 aliphatic carbocycles. The third-order valence-electron chi connectivity index (χ3n) is 5.00. The summed E-state index contributed by atoms with van der Waals surface area (Å²) in [5, 5.41) is 2.89. The number of ether oxygens (including phenoxy) is 1. The zero-order chi connectivity index (χ0) is 19.4. The SMILES string of the molecule is COc1cccc(NC(=O)C2(C(=O)N(Cc3ccccc3)C(C)C)CC2)c1. The molecule has 0 aliphatic heterocycles. The van der Waals surface area contributed by atoms with Crippen molar-refractivity contribution >= 4 is 17.5 Å². The molecule has 142 valence electrons. The van der Waals surface area contributed by atoms with E-state index >= 15 is 0 Å². The Kier molecular flexibility index (Phi) is 5.49. The number of methoxy groups -OCH3 is 1. The van der Waals surface area contributed by atoms with Gasteiger partial charge in [0.05, 0.1) is 7.11 Å². The second-order valence-electron chi connectivity index (χ2n) is 7.28. The summed E-state index contributed by atoms with van der Waals surface area (Å²) in [4.78, 5) is 28.0. The second-order valence-corrected chi connectivity index (χ2v) is 7.28. The van der Waals surface area contributed by atoms with E-state index in [0.717, 1.165) is 5.56 Å². The van der Waals surface area contributed by atoms with E-state index in [1.165, 1.54) is 0 Å². The fourth-order valence-corrected chi connectivity index (χ4v) is 3.16. The van der Waals surface area contributed by atoms with Crippen LogP contribution in [0, 0.1) is 5.41 Å². The van der Waals surface area contributed by atoms with E-state index in [1.807, 2.05) is 56.3 Å². The summed E-state index contributed by atoms with van der Waals surface area (Å²) >= 11 is 0. The van der Waals surface area contributed by atoms with Crippen LogP contribution < -0.4 is 10.1 Å². The average Bonchev–Trinajstić information content (AvgIpc) is 3.48. The lowest BCUT2D eigenvalue weighted by atomic mass is 10.0. The first-order valence-electron chi connectivity index (χ1n) is 9.27. The Hall–Kier alpha value is -2.82. The summed E-state index contributed by atoms with van der Waals surface area (Å²) in [6.07, 6.45) is 1.17.